The van der Waals surface area contributed by atoms with Crippen LogP contribution in [-0.4, -0.2) is 23.1 Å². The number of nitrogens with two attached hydrogens (primary N) is 1. The third-order valence-corrected chi connectivity index (χ3v) is 2.90. The van der Waals surface area contributed by atoms with Crippen LogP contribution in [0.1, 0.15) is 40.5 Å². The Morgan fingerprint density at radius 2 is 1.67 bits per heavy atom. The van der Waals surface area contributed by atoms with E-state index in [1.807, 2.05) is 0 Å². The lowest BCUT2D eigenvalue weighted by atomic mass is 10.1. The third kappa shape index (κ3) is 5.34. The van der Waals surface area contributed by atoms with E-state index in [2.05, 4.69) is 42.6 Å². The molecule has 1 aromatic rings. The summed E-state index contributed by atoms with van der Waals surface area (Å²) in [6.07, 6.45) is 4.03. The molecule has 2 N–H and O–H groups in total. The zero-order valence-electron chi connectivity index (χ0n) is 12.1. The molecule has 0 aromatic carbocycles. The number of hydrogen-bond donors (Lipinski definition) is 1. The van der Waals surface area contributed by atoms with Gasteiger partial charge >= 0.3 is 0 Å². The molecule has 0 saturated heterocycles. The second kappa shape index (κ2) is 7.19. The topological polar surface area (TPSA) is 55.0 Å². The van der Waals surface area contributed by atoms with Gasteiger partial charge in [-0.05, 0) is 30.7 Å². The van der Waals surface area contributed by atoms with Gasteiger partial charge in [-0.15, -0.1) is 0 Å². The summed E-state index contributed by atoms with van der Waals surface area (Å²) in [6.45, 7) is 10.9. The Kier molecular flexibility index (Phi) is 5.89. The summed E-state index contributed by atoms with van der Waals surface area (Å²) in [5.41, 5.74) is 5.73. The fourth-order valence-electron chi connectivity index (χ4n) is 1.65. The van der Waals surface area contributed by atoms with Crippen molar-refractivity contribution in [3.8, 4) is 0 Å². The molecule has 4 heteroatoms. The van der Waals surface area contributed by atoms with Crippen molar-refractivity contribution in [3.63, 3.8) is 0 Å². The van der Waals surface area contributed by atoms with Gasteiger partial charge in [-0.1, -0.05) is 27.7 Å². The van der Waals surface area contributed by atoms with E-state index in [1.54, 1.807) is 12.3 Å². The second-order valence-corrected chi connectivity index (χ2v) is 5.63. The normalized spacial score (nSPS) is 11.2. The van der Waals surface area contributed by atoms with Crippen LogP contribution in [0.3, 0.4) is 0 Å². The Labute approximate surface area is 111 Å². The second-order valence-electron chi connectivity index (χ2n) is 5.63. The first-order chi connectivity index (χ1) is 8.49. The molecule has 4 nitrogen and oxygen atoms in total. The number of nitrogen functional groups attached to an aromatic ring is 1. The molecule has 0 fully saturated rings. The minimum absolute atomic E-state index is 0.541. The Hall–Kier alpha value is -1.32. The highest BCUT2D eigenvalue weighted by Gasteiger charge is 2.11. The molecule has 18 heavy (non-hydrogen) atoms. The summed E-state index contributed by atoms with van der Waals surface area (Å²) >= 11 is 0. The molecule has 0 spiro atoms. The van der Waals surface area contributed by atoms with E-state index in [9.17, 15) is 0 Å². The number of anilines is 2. The van der Waals surface area contributed by atoms with Gasteiger partial charge in [0.15, 0.2) is 0 Å². The summed E-state index contributed by atoms with van der Waals surface area (Å²) in [5, 5.41) is 0. The number of nitrogens with zero attached hydrogens (tertiary/aromatic N) is 3. The van der Waals surface area contributed by atoms with E-state index in [0.29, 0.717) is 17.7 Å². The lowest BCUT2D eigenvalue weighted by Crippen LogP contribution is -2.29. The summed E-state index contributed by atoms with van der Waals surface area (Å²) in [5.74, 6) is 2.68. The van der Waals surface area contributed by atoms with Crippen LogP contribution in [-0.2, 0) is 0 Å². The minimum Gasteiger partial charge on any atom is -0.384 e. The van der Waals surface area contributed by atoms with Crippen molar-refractivity contribution in [1.82, 2.24) is 9.97 Å². The fourth-order valence-corrected chi connectivity index (χ4v) is 1.65. The molecule has 1 rings (SSSR count). The first-order valence-electron chi connectivity index (χ1n) is 6.82. The quantitative estimate of drug-likeness (QED) is 0.808. The molecule has 0 aliphatic rings. The van der Waals surface area contributed by atoms with Crippen LogP contribution in [0.4, 0.5) is 11.8 Å². The maximum absolute atomic E-state index is 5.73. The van der Waals surface area contributed by atoms with E-state index in [4.69, 9.17) is 5.73 Å². The van der Waals surface area contributed by atoms with Crippen LogP contribution >= 0.6 is 0 Å². The Bertz CT molecular complexity index is 337. The largest absolute Gasteiger partial charge is 0.384 e. The highest BCUT2D eigenvalue weighted by atomic mass is 15.3. The van der Waals surface area contributed by atoms with E-state index in [0.717, 1.165) is 31.9 Å². The van der Waals surface area contributed by atoms with Gasteiger partial charge in [0.05, 0.1) is 0 Å². The smallest absolute Gasteiger partial charge is 0.227 e. The van der Waals surface area contributed by atoms with Gasteiger partial charge in [0.1, 0.15) is 5.82 Å². The average Bonchev–Trinajstić information content (AvgIpc) is 2.28. The Morgan fingerprint density at radius 3 is 2.11 bits per heavy atom. The van der Waals surface area contributed by atoms with Crippen molar-refractivity contribution in [3.05, 3.63) is 12.3 Å². The predicted molar refractivity (Wildman–Crippen MR) is 77.6 cm³/mol. The molecule has 0 bridgehead atoms. The van der Waals surface area contributed by atoms with E-state index < -0.39 is 0 Å². The van der Waals surface area contributed by atoms with Crippen LogP contribution in [0.5, 0.6) is 0 Å². The van der Waals surface area contributed by atoms with Crippen LogP contribution in [0.25, 0.3) is 0 Å². The average molecular weight is 250 g/mol. The van der Waals surface area contributed by atoms with Crippen LogP contribution in [0.15, 0.2) is 12.3 Å². The van der Waals surface area contributed by atoms with Crippen molar-refractivity contribution in [2.75, 3.05) is 23.7 Å². The van der Waals surface area contributed by atoms with Crippen molar-refractivity contribution in [2.24, 2.45) is 11.8 Å². The molecule has 1 heterocycles. The van der Waals surface area contributed by atoms with Crippen LogP contribution < -0.4 is 10.6 Å². The molecule has 0 unspecified atom stereocenters. The molecule has 0 atom stereocenters. The molecule has 1 aromatic heterocycles. The van der Waals surface area contributed by atoms with Gasteiger partial charge in [0.2, 0.25) is 5.95 Å². The standard InChI is InChI=1S/C14H26N4/c1-11(2)6-9-18(10-7-12(3)4)14-16-8-5-13(15)17-14/h5,8,11-12H,6-7,9-10H2,1-4H3,(H2,15,16,17). The monoisotopic (exact) mass is 250 g/mol. The maximum atomic E-state index is 5.73. The van der Waals surface area contributed by atoms with Gasteiger partial charge in [-0.3, -0.25) is 0 Å². The highest BCUT2D eigenvalue weighted by Crippen LogP contribution is 2.13. The Morgan fingerprint density at radius 1 is 1.11 bits per heavy atom. The molecular formula is C14H26N4. The van der Waals surface area contributed by atoms with Crippen LogP contribution in [0, 0.1) is 11.8 Å². The molecule has 102 valence electrons. The van der Waals surface area contributed by atoms with Gasteiger partial charge in [0.25, 0.3) is 0 Å². The SMILES string of the molecule is CC(C)CCN(CCC(C)C)c1nccc(N)n1. The van der Waals surface area contributed by atoms with E-state index in [1.165, 1.54) is 0 Å². The zero-order valence-corrected chi connectivity index (χ0v) is 12.1. The molecular weight excluding hydrogens is 224 g/mol. The maximum Gasteiger partial charge on any atom is 0.227 e. The van der Waals surface area contributed by atoms with Crippen LogP contribution in [0.2, 0.25) is 0 Å². The zero-order chi connectivity index (χ0) is 13.5. The number of rotatable bonds is 7. The van der Waals surface area contributed by atoms with Gasteiger partial charge in [-0.25, -0.2) is 4.98 Å². The third-order valence-electron chi connectivity index (χ3n) is 2.90. The lowest BCUT2D eigenvalue weighted by Gasteiger charge is -2.24. The summed E-state index contributed by atoms with van der Waals surface area (Å²) in [6, 6.07) is 1.73. The Balaban J connectivity index is 2.69. The first kappa shape index (κ1) is 14.7. The van der Waals surface area contributed by atoms with Gasteiger partial charge < -0.3 is 10.6 Å². The summed E-state index contributed by atoms with van der Waals surface area (Å²) in [7, 11) is 0. The number of hydrogen-bond acceptors (Lipinski definition) is 4. The van der Waals surface area contributed by atoms with Crippen molar-refractivity contribution in [2.45, 2.75) is 40.5 Å². The van der Waals surface area contributed by atoms with Crippen molar-refractivity contribution >= 4 is 11.8 Å². The summed E-state index contributed by atoms with van der Waals surface area (Å²) < 4.78 is 0. The molecule has 0 aliphatic heterocycles. The van der Waals surface area contributed by atoms with E-state index in [-0.39, 0.29) is 0 Å². The first-order valence-corrected chi connectivity index (χ1v) is 6.82. The van der Waals surface area contributed by atoms with Crippen molar-refractivity contribution < 1.29 is 0 Å². The van der Waals surface area contributed by atoms with Gasteiger partial charge in [0, 0.05) is 19.3 Å². The molecule has 0 amide bonds. The lowest BCUT2D eigenvalue weighted by molar-refractivity contribution is 0.530. The molecule has 0 radical (unpaired) electrons. The summed E-state index contributed by atoms with van der Waals surface area (Å²) in [4.78, 5) is 10.9. The van der Waals surface area contributed by atoms with Gasteiger partial charge in [-0.2, -0.15) is 4.98 Å². The highest BCUT2D eigenvalue weighted by molar-refractivity contribution is 5.37. The van der Waals surface area contributed by atoms with Crippen molar-refractivity contribution in [1.29, 1.82) is 0 Å². The fraction of sp³-hybridized carbons (Fsp3) is 0.714. The van der Waals surface area contributed by atoms with E-state index >= 15 is 0 Å². The molecule has 0 aliphatic carbocycles. The molecule has 0 saturated carbocycles. The predicted octanol–water partition coefficient (Wildman–Crippen LogP) is 2.96. The number of aromatic nitrogens is 2. The minimum atomic E-state index is 0.541.